The first kappa shape index (κ1) is 20.8. The van der Waals surface area contributed by atoms with Gasteiger partial charge in [0.25, 0.3) is 0 Å². The van der Waals surface area contributed by atoms with Crippen LogP contribution in [0.3, 0.4) is 0 Å². The second-order valence-electron chi connectivity index (χ2n) is 8.01. The molecule has 2 N–H and O–H groups in total. The van der Waals surface area contributed by atoms with Crippen LogP contribution in [0.15, 0.2) is 72.1 Å². The van der Waals surface area contributed by atoms with Crippen LogP contribution in [0.5, 0.6) is 0 Å². The van der Waals surface area contributed by atoms with E-state index in [0.29, 0.717) is 6.54 Å². The van der Waals surface area contributed by atoms with Gasteiger partial charge in [0.05, 0.1) is 12.6 Å². The summed E-state index contributed by atoms with van der Waals surface area (Å²) in [6.07, 6.45) is 1.00. The number of likely N-dealkylation sites (tertiary alicyclic amines) is 1. The molecule has 1 saturated heterocycles. The van der Waals surface area contributed by atoms with Crippen LogP contribution in [0.1, 0.15) is 34.0 Å². The van der Waals surface area contributed by atoms with Gasteiger partial charge in [-0.1, -0.05) is 66.2 Å². The number of nitrogens with zero attached hydrogens (tertiary/aromatic N) is 1. The molecule has 30 heavy (non-hydrogen) atoms. The van der Waals surface area contributed by atoms with Gasteiger partial charge >= 0.3 is 0 Å². The van der Waals surface area contributed by atoms with Gasteiger partial charge in [-0.2, -0.15) is 0 Å². The van der Waals surface area contributed by atoms with E-state index >= 15 is 0 Å². The van der Waals surface area contributed by atoms with Crippen LogP contribution >= 0.6 is 11.3 Å². The summed E-state index contributed by atoms with van der Waals surface area (Å²) in [6, 6.07) is 23.5. The molecule has 0 unspecified atom stereocenters. The van der Waals surface area contributed by atoms with E-state index in [1.807, 2.05) is 6.07 Å². The third kappa shape index (κ3) is 5.57. The summed E-state index contributed by atoms with van der Waals surface area (Å²) in [6.45, 7) is 5.28. The van der Waals surface area contributed by atoms with Crippen LogP contribution in [0, 0.1) is 6.92 Å². The van der Waals surface area contributed by atoms with Gasteiger partial charge in [0.1, 0.15) is 0 Å². The lowest BCUT2D eigenvalue weighted by Crippen LogP contribution is -2.42. The summed E-state index contributed by atoms with van der Waals surface area (Å²) in [5.41, 5.74) is 3.75. The third-order valence-corrected chi connectivity index (χ3v) is 6.53. The van der Waals surface area contributed by atoms with E-state index in [1.165, 1.54) is 21.6 Å². The first-order valence-electron chi connectivity index (χ1n) is 10.6. The molecule has 1 fully saturated rings. The predicted molar refractivity (Wildman–Crippen MR) is 124 cm³/mol. The molecule has 0 bridgehead atoms. The molecular formula is C25H29N3OS. The van der Waals surface area contributed by atoms with Crippen LogP contribution in [0.25, 0.3) is 0 Å². The largest absolute Gasteiger partial charge is 0.351 e. The standard InChI is InChI=1S/C25H29N3OS/c1-19-9-11-21(12-10-19)25(23-8-5-15-30-23)26-16-24(29)27-22-13-14-28(18-22)17-20-6-3-2-4-7-20/h2-12,15,22,25-26H,13-14,16-18H2,1H3,(H,27,29)/t22-,25+/m0/s1. The van der Waals surface area contributed by atoms with Gasteiger partial charge in [-0.3, -0.25) is 15.0 Å². The number of hydrogen-bond donors (Lipinski definition) is 2. The summed E-state index contributed by atoms with van der Waals surface area (Å²) in [7, 11) is 0. The van der Waals surface area contributed by atoms with Crippen LogP contribution in [0.4, 0.5) is 0 Å². The van der Waals surface area contributed by atoms with Crippen LogP contribution in [-0.2, 0) is 11.3 Å². The van der Waals surface area contributed by atoms with E-state index in [1.54, 1.807) is 11.3 Å². The number of carbonyl (C=O) groups excluding carboxylic acids is 1. The minimum atomic E-state index is 0.0366. The van der Waals surface area contributed by atoms with Crippen LogP contribution in [0.2, 0.25) is 0 Å². The Morgan fingerprint density at radius 2 is 1.90 bits per heavy atom. The second-order valence-corrected chi connectivity index (χ2v) is 8.99. The van der Waals surface area contributed by atoms with Gasteiger partial charge in [-0.05, 0) is 35.9 Å². The van der Waals surface area contributed by atoms with Crippen molar-refractivity contribution in [2.45, 2.75) is 32.0 Å². The molecule has 0 saturated carbocycles. The Hall–Kier alpha value is -2.47. The lowest BCUT2D eigenvalue weighted by molar-refractivity contribution is -0.120. The van der Waals surface area contributed by atoms with Crippen molar-refractivity contribution >= 4 is 17.2 Å². The van der Waals surface area contributed by atoms with E-state index in [-0.39, 0.29) is 18.0 Å². The Labute approximate surface area is 182 Å². The number of nitrogens with one attached hydrogen (secondary N) is 2. The molecule has 1 aromatic heterocycles. The number of aryl methyl sites for hydroxylation is 1. The van der Waals surface area contributed by atoms with Gasteiger partial charge < -0.3 is 5.32 Å². The molecule has 2 aromatic carbocycles. The fourth-order valence-corrected chi connectivity index (χ4v) is 4.83. The van der Waals surface area contributed by atoms with Crippen molar-refractivity contribution in [2.75, 3.05) is 19.6 Å². The van der Waals surface area contributed by atoms with Crippen molar-refractivity contribution in [3.8, 4) is 0 Å². The molecule has 3 aromatic rings. The summed E-state index contributed by atoms with van der Waals surface area (Å²) in [5.74, 6) is 0.0650. The summed E-state index contributed by atoms with van der Waals surface area (Å²) < 4.78 is 0. The second kappa shape index (κ2) is 10.0. The zero-order valence-corrected chi connectivity index (χ0v) is 18.2. The highest BCUT2D eigenvalue weighted by Gasteiger charge is 2.24. The average molecular weight is 420 g/mol. The minimum Gasteiger partial charge on any atom is -0.351 e. The van der Waals surface area contributed by atoms with Crippen LogP contribution < -0.4 is 10.6 Å². The maximum absolute atomic E-state index is 12.6. The van der Waals surface area contributed by atoms with E-state index in [2.05, 4.69) is 88.5 Å². The van der Waals surface area contributed by atoms with Gasteiger partial charge in [-0.25, -0.2) is 0 Å². The maximum atomic E-state index is 12.6. The van der Waals surface area contributed by atoms with Crippen molar-refractivity contribution in [1.82, 2.24) is 15.5 Å². The Morgan fingerprint density at radius 1 is 1.10 bits per heavy atom. The van der Waals surface area contributed by atoms with Crippen molar-refractivity contribution in [2.24, 2.45) is 0 Å². The normalized spacial score (nSPS) is 17.7. The van der Waals surface area contributed by atoms with Gasteiger partial charge in [0.2, 0.25) is 5.91 Å². The van der Waals surface area contributed by atoms with Gasteiger partial charge in [-0.15, -0.1) is 11.3 Å². The number of benzene rings is 2. The van der Waals surface area contributed by atoms with E-state index in [9.17, 15) is 4.79 Å². The number of thiophene rings is 1. The molecular weight excluding hydrogens is 390 g/mol. The van der Waals surface area contributed by atoms with Gasteiger partial charge in [0, 0.05) is 30.6 Å². The number of amides is 1. The van der Waals surface area contributed by atoms with Gasteiger partial charge in [0.15, 0.2) is 0 Å². The Kier molecular flexibility index (Phi) is 6.95. The number of carbonyl (C=O) groups is 1. The third-order valence-electron chi connectivity index (χ3n) is 5.59. The molecule has 1 amide bonds. The first-order chi connectivity index (χ1) is 14.7. The highest BCUT2D eigenvalue weighted by atomic mass is 32.1. The zero-order valence-electron chi connectivity index (χ0n) is 17.4. The highest BCUT2D eigenvalue weighted by molar-refractivity contribution is 7.10. The highest BCUT2D eigenvalue weighted by Crippen LogP contribution is 2.26. The first-order valence-corrected chi connectivity index (χ1v) is 11.4. The summed E-state index contributed by atoms with van der Waals surface area (Å²) >= 11 is 1.71. The summed E-state index contributed by atoms with van der Waals surface area (Å²) in [4.78, 5) is 16.3. The van der Waals surface area contributed by atoms with E-state index < -0.39 is 0 Å². The Morgan fingerprint density at radius 3 is 2.63 bits per heavy atom. The predicted octanol–water partition coefficient (Wildman–Crippen LogP) is 4.13. The van der Waals surface area contributed by atoms with Crippen LogP contribution in [-0.4, -0.2) is 36.5 Å². The molecule has 1 aliphatic heterocycles. The SMILES string of the molecule is Cc1ccc([C@@H](NCC(=O)N[C@H]2CCN(Cc3ccccc3)C2)c2cccs2)cc1. The fraction of sp³-hybridized carbons (Fsp3) is 0.320. The zero-order chi connectivity index (χ0) is 20.8. The Balaban J connectivity index is 1.29. The molecule has 0 aliphatic carbocycles. The minimum absolute atomic E-state index is 0.0366. The molecule has 5 heteroatoms. The average Bonchev–Trinajstić information content (AvgIpc) is 3.43. The van der Waals surface area contributed by atoms with Crippen molar-refractivity contribution in [1.29, 1.82) is 0 Å². The molecule has 0 spiro atoms. The van der Waals surface area contributed by atoms with Crippen molar-refractivity contribution in [3.05, 3.63) is 93.7 Å². The molecule has 156 valence electrons. The Bertz CT molecular complexity index is 925. The van der Waals surface area contributed by atoms with Crippen molar-refractivity contribution < 1.29 is 4.79 Å². The molecule has 2 heterocycles. The lowest BCUT2D eigenvalue weighted by Gasteiger charge is -2.20. The van der Waals surface area contributed by atoms with E-state index in [4.69, 9.17) is 0 Å². The quantitative estimate of drug-likeness (QED) is 0.577. The van der Waals surface area contributed by atoms with E-state index in [0.717, 1.165) is 26.1 Å². The molecule has 4 rings (SSSR count). The molecule has 0 radical (unpaired) electrons. The lowest BCUT2D eigenvalue weighted by atomic mass is 10.0. The maximum Gasteiger partial charge on any atom is 0.234 e. The summed E-state index contributed by atoms with van der Waals surface area (Å²) in [5, 5.41) is 8.77. The number of hydrogen-bond acceptors (Lipinski definition) is 4. The molecule has 2 atom stereocenters. The number of rotatable bonds is 8. The topological polar surface area (TPSA) is 44.4 Å². The van der Waals surface area contributed by atoms with Crippen molar-refractivity contribution in [3.63, 3.8) is 0 Å². The fourth-order valence-electron chi connectivity index (χ4n) is 4.01. The smallest absolute Gasteiger partial charge is 0.234 e. The monoisotopic (exact) mass is 419 g/mol. The molecule has 4 nitrogen and oxygen atoms in total. The molecule has 1 aliphatic rings.